The molecule has 0 heterocycles. The fourth-order valence-electron chi connectivity index (χ4n) is 3.74. The van der Waals surface area contributed by atoms with Crippen molar-refractivity contribution in [2.45, 2.75) is 47.0 Å². The second kappa shape index (κ2) is 4.35. The van der Waals surface area contributed by atoms with Crippen molar-refractivity contribution >= 4 is 5.78 Å². The van der Waals surface area contributed by atoms with Crippen LogP contribution < -0.4 is 0 Å². The van der Waals surface area contributed by atoms with Gasteiger partial charge < -0.3 is 0 Å². The summed E-state index contributed by atoms with van der Waals surface area (Å²) in [4.78, 5) is 11.5. The fourth-order valence-corrected chi connectivity index (χ4v) is 3.74. The van der Waals surface area contributed by atoms with Crippen LogP contribution in [0.3, 0.4) is 0 Å². The smallest absolute Gasteiger partial charge is 0.155 e. The van der Waals surface area contributed by atoms with Crippen molar-refractivity contribution < 1.29 is 4.79 Å². The quantitative estimate of drug-likeness (QED) is 0.691. The number of hydrogen-bond acceptors (Lipinski definition) is 1. The van der Waals surface area contributed by atoms with Crippen molar-refractivity contribution in [2.75, 3.05) is 0 Å². The Bertz CT molecular complexity index is 313. The van der Waals surface area contributed by atoms with E-state index in [1.54, 1.807) is 6.92 Å². The predicted molar refractivity (Wildman–Crippen MR) is 67.1 cm³/mol. The maximum atomic E-state index is 11.5. The standard InChI is InChI=1S/C15H24O/c1-9(2)13-6-5-10(3)14-7-12(11(4)16)8-15(13)14/h8-10,13-15H,5-7H2,1-4H3/t10-,13+,14+,15-/m1/s1. The average molecular weight is 220 g/mol. The summed E-state index contributed by atoms with van der Waals surface area (Å²) in [5.41, 5.74) is 1.11. The zero-order valence-corrected chi connectivity index (χ0v) is 11.0. The number of fused-ring (bicyclic) bond motifs is 1. The Kier molecular flexibility index (Phi) is 3.23. The van der Waals surface area contributed by atoms with E-state index < -0.39 is 0 Å². The second-order valence-corrected chi connectivity index (χ2v) is 6.16. The molecular weight excluding hydrogens is 196 g/mol. The second-order valence-electron chi connectivity index (χ2n) is 6.16. The number of carbonyl (C=O) groups is 1. The zero-order chi connectivity index (χ0) is 11.9. The van der Waals surface area contributed by atoms with Crippen LogP contribution >= 0.6 is 0 Å². The number of rotatable bonds is 2. The van der Waals surface area contributed by atoms with Crippen LogP contribution in [0.5, 0.6) is 0 Å². The molecular formula is C15H24O. The predicted octanol–water partition coefficient (Wildman–Crippen LogP) is 3.84. The van der Waals surface area contributed by atoms with Crippen LogP contribution in [-0.2, 0) is 4.79 Å². The lowest BCUT2D eigenvalue weighted by Gasteiger charge is -2.40. The lowest BCUT2D eigenvalue weighted by atomic mass is 9.65. The molecule has 0 unspecified atom stereocenters. The Morgan fingerprint density at radius 1 is 1.38 bits per heavy atom. The van der Waals surface area contributed by atoms with Gasteiger partial charge in [0.15, 0.2) is 5.78 Å². The highest BCUT2D eigenvalue weighted by atomic mass is 16.1. The van der Waals surface area contributed by atoms with E-state index in [0.717, 1.165) is 35.7 Å². The first-order valence-electron chi connectivity index (χ1n) is 6.72. The normalized spacial score (nSPS) is 38.4. The van der Waals surface area contributed by atoms with Gasteiger partial charge in [0.1, 0.15) is 0 Å². The molecule has 90 valence electrons. The molecule has 16 heavy (non-hydrogen) atoms. The van der Waals surface area contributed by atoms with Gasteiger partial charge in [-0.05, 0) is 54.9 Å². The van der Waals surface area contributed by atoms with E-state index in [9.17, 15) is 4.79 Å². The molecule has 2 aliphatic rings. The molecule has 0 saturated heterocycles. The highest BCUT2D eigenvalue weighted by Crippen LogP contribution is 2.49. The van der Waals surface area contributed by atoms with Crippen molar-refractivity contribution in [2.24, 2.45) is 29.6 Å². The van der Waals surface area contributed by atoms with Gasteiger partial charge in [-0.15, -0.1) is 0 Å². The summed E-state index contributed by atoms with van der Waals surface area (Å²) in [7, 11) is 0. The Labute approximate surface area is 99.3 Å². The lowest BCUT2D eigenvalue weighted by Crippen LogP contribution is -2.32. The highest BCUT2D eigenvalue weighted by molar-refractivity contribution is 5.93. The molecule has 0 aromatic heterocycles. The van der Waals surface area contributed by atoms with Gasteiger partial charge in [0.2, 0.25) is 0 Å². The molecule has 0 aliphatic heterocycles. The van der Waals surface area contributed by atoms with Crippen LogP contribution in [0.2, 0.25) is 0 Å². The molecule has 1 fully saturated rings. The molecule has 0 amide bonds. The summed E-state index contributed by atoms with van der Waals surface area (Å²) in [5.74, 6) is 4.08. The van der Waals surface area contributed by atoms with Crippen LogP contribution in [-0.4, -0.2) is 5.78 Å². The summed E-state index contributed by atoms with van der Waals surface area (Å²) >= 11 is 0. The molecule has 2 aliphatic carbocycles. The van der Waals surface area contributed by atoms with Crippen molar-refractivity contribution in [3.8, 4) is 0 Å². The summed E-state index contributed by atoms with van der Waals surface area (Å²) < 4.78 is 0. The van der Waals surface area contributed by atoms with E-state index in [1.807, 2.05) is 0 Å². The third-order valence-electron chi connectivity index (χ3n) is 4.83. The number of allylic oxidation sites excluding steroid dienone is 2. The molecule has 1 saturated carbocycles. The maximum absolute atomic E-state index is 11.5. The molecule has 0 bridgehead atoms. The van der Waals surface area contributed by atoms with Gasteiger partial charge in [0.25, 0.3) is 0 Å². The van der Waals surface area contributed by atoms with E-state index in [-0.39, 0.29) is 0 Å². The third kappa shape index (κ3) is 1.97. The molecule has 0 N–H and O–H groups in total. The van der Waals surface area contributed by atoms with Gasteiger partial charge in [0, 0.05) is 0 Å². The molecule has 0 aromatic rings. The first-order valence-corrected chi connectivity index (χ1v) is 6.72. The van der Waals surface area contributed by atoms with Crippen LogP contribution in [0.4, 0.5) is 0 Å². The van der Waals surface area contributed by atoms with E-state index in [1.165, 1.54) is 12.8 Å². The average Bonchev–Trinajstić information content (AvgIpc) is 2.62. The Morgan fingerprint density at radius 2 is 2.06 bits per heavy atom. The Hall–Kier alpha value is -0.590. The number of Topliss-reactive ketones (excluding diaryl/α,β-unsaturated/α-hetero) is 1. The minimum absolute atomic E-state index is 0.295. The SMILES string of the molecule is CC(=O)C1=C[C@H]2[C@@H](C1)[C@H](C)CC[C@H]2C(C)C. The van der Waals surface area contributed by atoms with Crippen LogP contribution in [0.1, 0.15) is 47.0 Å². The van der Waals surface area contributed by atoms with Gasteiger partial charge in [-0.25, -0.2) is 0 Å². The van der Waals surface area contributed by atoms with Crippen LogP contribution in [0.25, 0.3) is 0 Å². The molecule has 0 spiro atoms. The summed E-state index contributed by atoms with van der Waals surface area (Å²) in [6.07, 6.45) is 6.06. The first kappa shape index (κ1) is 11.9. The monoisotopic (exact) mass is 220 g/mol. The molecule has 1 heteroatoms. The number of hydrogen-bond donors (Lipinski definition) is 0. The van der Waals surface area contributed by atoms with Gasteiger partial charge in [-0.3, -0.25) is 4.79 Å². The maximum Gasteiger partial charge on any atom is 0.155 e. The summed E-state index contributed by atoms with van der Waals surface area (Å²) in [6.45, 7) is 8.75. The largest absolute Gasteiger partial charge is 0.295 e. The Balaban J connectivity index is 2.21. The van der Waals surface area contributed by atoms with Gasteiger partial charge in [-0.1, -0.05) is 33.3 Å². The van der Waals surface area contributed by atoms with E-state index in [0.29, 0.717) is 11.7 Å². The van der Waals surface area contributed by atoms with Crippen molar-refractivity contribution in [3.63, 3.8) is 0 Å². The molecule has 0 radical (unpaired) electrons. The minimum atomic E-state index is 0.295. The van der Waals surface area contributed by atoms with Crippen molar-refractivity contribution in [1.82, 2.24) is 0 Å². The summed E-state index contributed by atoms with van der Waals surface area (Å²) in [5, 5.41) is 0. The number of carbonyl (C=O) groups excluding carboxylic acids is 1. The van der Waals surface area contributed by atoms with Gasteiger partial charge in [-0.2, -0.15) is 0 Å². The number of ketones is 1. The van der Waals surface area contributed by atoms with Crippen molar-refractivity contribution in [3.05, 3.63) is 11.6 Å². The first-order chi connectivity index (χ1) is 7.50. The lowest BCUT2D eigenvalue weighted by molar-refractivity contribution is -0.113. The fraction of sp³-hybridized carbons (Fsp3) is 0.800. The molecule has 0 aromatic carbocycles. The van der Waals surface area contributed by atoms with Gasteiger partial charge in [0.05, 0.1) is 0 Å². The van der Waals surface area contributed by atoms with E-state index >= 15 is 0 Å². The Morgan fingerprint density at radius 3 is 2.62 bits per heavy atom. The summed E-state index contributed by atoms with van der Waals surface area (Å²) in [6, 6.07) is 0. The zero-order valence-electron chi connectivity index (χ0n) is 11.0. The highest BCUT2D eigenvalue weighted by Gasteiger charge is 2.41. The third-order valence-corrected chi connectivity index (χ3v) is 4.83. The molecule has 1 nitrogen and oxygen atoms in total. The topological polar surface area (TPSA) is 17.1 Å². The molecule has 2 rings (SSSR count). The molecule has 4 atom stereocenters. The van der Waals surface area contributed by atoms with Gasteiger partial charge >= 0.3 is 0 Å². The minimum Gasteiger partial charge on any atom is -0.295 e. The van der Waals surface area contributed by atoms with E-state index in [4.69, 9.17) is 0 Å². The van der Waals surface area contributed by atoms with Crippen molar-refractivity contribution in [1.29, 1.82) is 0 Å². The van der Waals surface area contributed by atoms with E-state index in [2.05, 4.69) is 26.8 Å². The van der Waals surface area contributed by atoms with Crippen LogP contribution in [0, 0.1) is 29.6 Å². The van der Waals surface area contributed by atoms with Crippen LogP contribution in [0.15, 0.2) is 11.6 Å².